The molecule has 0 N–H and O–H groups in total. The Kier molecular flexibility index (Phi) is 8.48. The van der Waals surface area contributed by atoms with E-state index in [-0.39, 0.29) is 5.97 Å². The number of carbonyl (C=O) groups excluding carboxylic acids is 1. The second-order valence-electron chi connectivity index (χ2n) is 7.49. The number of hydrogen-bond acceptors (Lipinski definition) is 5. The van der Waals surface area contributed by atoms with Crippen molar-refractivity contribution in [2.45, 2.75) is 13.3 Å². The van der Waals surface area contributed by atoms with E-state index in [1.165, 1.54) is 11.1 Å². The molecule has 5 heteroatoms. The van der Waals surface area contributed by atoms with Crippen LogP contribution in [-0.2, 0) is 11.2 Å². The van der Waals surface area contributed by atoms with Crippen molar-refractivity contribution in [3.8, 4) is 5.75 Å². The Bertz CT molecular complexity index is 825. The van der Waals surface area contributed by atoms with Crippen LogP contribution in [0.1, 0.15) is 28.4 Å². The first kappa shape index (κ1) is 22.1. The molecule has 1 aliphatic heterocycles. The van der Waals surface area contributed by atoms with Crippen molar-refractivity contribution < 1.29 is 14.3 Å². The highest BCUT2D eigenvalue weighted by Gasteiger charge is 2.15. The number of rotatable bonds is 9. The zero-order chi connectivity index (χ0) is 21.2. The van der Waals surface area contributed by atoms with Gasteiger partial charge in [-0.1, -0.05) is 36.4 Å². The lowest BCUT2D eigenvalue weighted by molar-refractivity contribution is 0.0526. The Morgan fingerprint density at radius 2 is 1.77 bits per heavy atom. The highest BCUT2D eigenvalue weighted by Crippen LogP contribution is 2.14. The molecule has 0 atom stereocenters. The van der Waals surface area contributed by atoms with Gasteiger partial charge in [-0.3, -0.25) is 4.90 Å². The number of esters is 1. The van der Waals surface area contributed by atoms with Crippen LogP contribution in [0, 0.1) is 0 Å². The molecule has 0 unspecified atom stereocenters. The lowest BCUT2D eigenvalue weighted by atomic mass is 10.1. The molecule has 30 heavy (non-hydrogen) atoms. The number of hydrogen-bond donors (Lipinski definition) is 0. The smallest absolute Gasteiger partial charge is 0.338 e. The molecule has 1 aliphatic rings. The fraction of sp³-hybridized carbons (Fsp3) is 0.400. The quantitative estimate of drug-likeness (QED) is 0.591. The van der Waals surface area contributed by atoms with Crippen molar-refractivity contribution in [1.29, 1.82) is 0 Å². The van der Waals surface area contributed by atoms with E-state index in [4.69, 9.17) is 9.47 Å². The number of piperazine rings is 1. The van der Waals surface area contributed by atoms with E-state index in [0.29, 0.717) is 12.2 Å². The predicted octanol–water partition coefficient (Wildman–Crippen LogP) is 3.75. The first-order chi connectivity index (χ1) is 14.7. The summed E-state index contributed by atoms with van der Waals surface area (Å²) in [5, 5.41) is 0. The van der Waals surface area contributed by atoms with Gasteiger partial charge in [0, 0.05) is 39.3 Å². The topological polar surface area (TPSA) is 42.0 Å². The summed E-state index contributed by atoms with van der Waals surface area (Å²) in [7, 11) is 1.70. The summed E-state index contributed by atoms with van der Waals surface area (Å²) < 4.78 is 10.3. The van der Waals surface area contributed by atoms with Gasteiger partial charge in [0.05, 0.1) is 19.3 Å². The molecule has 2 aromatic rings. The largest absolute Gasteiger partial charge is 0.497 e. The van der Waals surface area contributed by atoms with Crippen LogP contribution in [0.3, 0.4) is 0 Å². The summed E-state index contributed by atoms with van der Waals surface area (Å²) in [6.07, 6.45) is 5.39. The molecule has 0 bridgehead atoms. The van der Waals surface area contributed by atoms with Gasteiger partial charge in [-0.15, -0.1) is 0 Å². The predicted molar refractivity (Wildman–Crippen MR) is 121 cm³/mol. The molecule has 160 valence electrons. The van der Waals surface area contributed by atoms with Crippen LogP contribution in [0.2, 0.25) is 0 Å². The van der Waals surface area contributed by atoms with Crippen LogP contribution in [0.5, 0.6) is 5.75 Å². The summed E-state index contributed by atoms with van der Waals surface area (Å²) in [5.41, 5.74) is 3.05. The molecule has 3 rings (SSSR count). The summed E-state index contributed by atoms with van der Waals surface area (Å²) in [6, 6.07) is 15.9. The van der Waals surface area contributed by atoms with Crippen LogP contribution in [-0.4, -0.2) is 68.8 Å². The molecule has 0 saturated carbocycles. The third-order valence-corrected chi connectivity index (χ3v) is 5.41. The van der Waals surface area contributed by atoms with E-state index in [1.807, 2.05) is 49.4 Å². The summed E-state index contributed by atoms with van der Waals surface area (Å²) in [6.45, 7) is 8.61. The van der Waals surface area contributed by atoms with Gasteiger partial charge in [0.2, 0.25) is 0 Å². The van der Waals surface area contributed by atoms with Crippen LogP contribution < -0.4 is 4.74 Å². The zero-order valence-electron chi connectivity index (χ0n) is 18.0. The molecular weight excluding hydrogens is 376 g/mol. The lowest BCUT2D eigenvalue weighted by Crippen LogP contribution is -2.46. The summed E-state index contributed by atoms with van der Waals surface area (Å²) >= 11 is 0. The fourth-order valence-corrected chi connectivity index (χ4v) is 3.59. The van der Waals surface area contributed by atoms with Gasteiger partial charge >= 0.3 is 5.97 Å². The molecular formula is C25H32N2O3. The zero-order valence-corrected chi connectivity index (χ0v) is 18.0. The summed E-state index contributed by atoms with van der Waals surface area (Å²) in [4.78, 5) is 16.7. The fourth-order valence-electron chi connectivity index (χ4n) is 3.59. The molecule has 0 radical (unpaired) electrons. The van der Waals surface area contributed by atoms with Crippen molar-refractivity contribution in [3.63, 3.8) is 0 Å². The van der Waals surface area contributed by atoms with Crippen molar-refractivity contribution in [2.24, 2.45) is 0 Å². The molecule has 1 fully saturated rings. The normalized spacial score (nSPS) is 15.4. The second-order valence-corrected chi connectivity index (χ2v) is 7.49. The standard InChI is InChI=1S/C25H32N2O3/c1-3-30-25(28)23-11-9-21(10-12-23)13-15-27-18-16-26(17-19-27)14-5-7-22-6-4-8-24(20-22)29-2/h4-12,20H,3,13-19H2,1-2H3/b7-5+. The Balaban J connectivity index is 1.37. The number of carbonyl (C=O) groups is 1. The maximum atomic E-state index is 11.7. The lowest BCUT2D eigenvalue weighted by Gasteiger charge is -2.34. The Morgan fingerprint density at radius 3 is 2.47 bits per heavy atom. The first-order valence-corrected chi connectivity index (χ1v) is 10.7. The number of methoxy groups -OCH3 is 1. The van der Waals surface area contributed by atoms with E-state index in [1.54, 1.807) is 7.11 Å². The summed E-state index contributed by atoms with van der Waals surface area (Å²) in [5.74, 6) is 0.641. The van der Waals surface area contributed by atoms with E-state index >= 15 is 0 Å². The molecule has 0 spiro atoms. The van der Waals surface area contributed by atoms with Crippen LogP contribution in [0.25, 0.3) is 6.08 Å². The first-order valence-electron chi connectivity index (χ1n) is 10.7. The van der Waals surface area contributed by atoms with E-state index in [9.17, 15) is 4.79 Å². The molecule has 1 heterocycles. The molecule has 0 amide bonds. The molecule has 0 aromatic heterocycles. The Hall–Kier alpha value is -2.63. The third-order valence-electron chi connectivity index (χ3n) is 5.41. The minimum atomic E-state index is -0.249. The Labute approximate surface area is 179 Å². The van der Waals surface area contributed by atoms with E-state index < -0.39 is 0 Å². The minimum Gasteiger partial charge on any atom is -0.497 e. The SMILES string of the molecule is CCOC(=O)c1ccc(CCN2CCN(C/C=C/c3cccc(OC)c3)CC2)cc1. The molecule has 5 nitrogen and oxygen atoms in total. The highest BCUT2D eigenvalue weighted by molar-refractivity contribution is 5.89. The van der Waals surface area contributed by atoms with Crippen LogP contribution in [0.4, 0.5) is 0 Å². The monoisotopic (exact) mass is 408 g/mol. The van der Waals surface area contributed by atoms with E-state index in [2.05, 4.69) is 28.0 Å². The average molecular weight is 409 g/mol. The van der Waals surface area contributed by atoms with Crippen molar-refractivity contribution in [2.75, 3.05) is 53.0 Å². The molecule has 0 aliphatic carbocycles. The minimum absolute atomic E-state index is 0.249. The second kappa shape index (κ2) is 11.5. The van der Waals surface area contributed by atoms with Gasteiger partial charge < -0.3 is 14.4 Å². The van der Waals surface area contributed by atoms with Gasteiger partial charge in [-0.25, -0.2) is 4.79 Å². The third kappa shape index (κ3) is 6.71. The van der Waals surface area contributed by atoms with Crippen molar-refractivity contribution >= 4 is 12.0 Å². The Morgan fingerprint density at radius 1 is 1.03 bits per heavy atom. The van der Waals surface area contributed by atoms with Crippen LogP contribution >= 0.6 is 0 Å². The van der Waals surface area contributed by atoms with Gasteiger partial charge in [-0.05, 0) is 48.7 Å². The van der Waals surface area contributed by atoms with Crippen LogP contribution in [0.15, 0.2) is 54.6 Å². The van der Waals surface area contributed by atoms with Crippen molar-refractivity contribution in [1.82, 2.24) is 9.80 Å². The van der Waals surface area contributed by atoms with Gasteiger partial charge in [0.15, 0.2) is 0 Å². The van der Waals surface area contributed by atoms with Gasteiger partial charge in [-0.2, -0.15) is 0 Å². The van der Waals surface area contributed by atoms with Gasteiger partial charge in [0.1, 0.15) is 5.75 Å². The number of benzene rings is 2. The molecule has 2 aromatic carbocycles. The van der Waals surface area contributed by atoms with E-state index in [0.717, 1.165) is 51.4 Å². The average Bonchev–Trinajstić information content (AvgIpc) is 2.79. The number of nitrogens with zero attached hydrogens (tertiary/aromatic N) is 2. The maximum absolute atomic E-state index is 11.7. The van der Waals surface area contributed by atoms with Gasteiger partial charge in [0.25, 0.3) is 0 Å². The van der Waals surface area contributed by atoms with Crippen molar-refractivity contribution in [3.05, 3.63) is 71.3 Å². The molecule has 1 saturated heterocycles. The highest BCUT2D eigenvalue weighted by atomic mass is 16.5. The maximum Gasteiger partial charge on any atom is 0.338 e. The number of ether oxygens (including phenoxy) is 2.